The molecule has 5 rings (SSSR count). The maximum atomic E-state index is 13.3. The molecule has 3 aromatic carbocycles. The molecule has 35 heavy (non-hydrogen) atoms. The summed E-state index contributed by atoms with van der Waals surface area (Å²) < 4.78 is 6.37. The third-order valence-electron chi connectivity index (χ3n) is 5.79. The van der Waals surface area contributed by atoms with Crippen LogP contribution in [0.3, 0.4) is 0 Å². The lowest BCUT2D eigenvalue weighted by atomic mass is 9.95. The van der Waals surface area contributed by atoms with Gasteiger partial charge in [-0.25, -0.2) is 4.98 Å². The van der Waals surface area contributed by atoms with E-state index >= 15 is 0 Å². The van der Waals surface area contributed by atoms with Gasteiger partial charge in [0.15, 0.2) is 5.13 Å². The van der Waals surface area contributed by atoms with E-state index in [9.17, 15) is 14.7 Å². The Labute approximate surface area is 211 Å². The number of ketones is 1. The molecule has 0 bridgehead atoms. The molecule has 1 atom stereocenters. The van der Waals surface area contributed by atoms with E-state index in [0.29, 0.717) is 33.6 Å². The molecule has 8 heteroatoms. The Morgan fingerprint density at radius 2 is 1.89 bits per heavy atom. The Morgan fingerprint density at radius 3 is 2.60 bits per heavy atom. The normalized spacial score (nSPS) is 17.3. The molecule has 1 saturated heterocycles. The standard InChI is InChI=1S/C27H21ClN2O4S/c1-3-34-19-10-8-16(9-11-19)24(31)22-23(17-5-4-6-18(28)14-17)30(26(33)25(22)32)27-29-20-12-7-15(2)13-21(20)35-27/h4-14,23,31H,3H2,1-2H3/b24-22+/t23-/m0/s1. The maximum absolute atomic E-state index is 13.3. The minimum Gasteiger partial charge on any atom is -0.507 e. The fourth-order valence-electron chi connectivity index (χ4n) is 4.18. The van der Waals surface area contributed by atoms with E-state index in [0.717, 1.165) is 15.8 Å². The topological polar surface area (TPSA) is 79.7 Å². The number of thiazole rings is 1. The van der Waals surface area contributed by atoms with E-state index in [1.807, 2.05) is 32.0 Å². The van der Waals surface area contributed by atoms with Crippen LogP contribution in [0, 0.1) is 6.92 Å². The van der Waals surface area contributed by atoms with Gasteiger partial charge in [0.1, 0.15) is 11.5 Å². The second-order valence-corrected chi connectivity index (χ2v) is 9.59. The highest BCUT2D eigenvalue weighted by atomic mass is 35.5. The Bertz CT molecular complexity index is 1490. The number of aliphatic hydroxyl groups is 1. The van der Waals surface area contributed by atoms with Gasteiger partial charge in [-0.15, -0.1) is 0 Å². The van der Waals surface area contributed by atoms with Crippen LogP contribution >= 0.6 is 22.9 Å². The minimum atomic E-state index is -0.887. The van der Waals surface area contributed by atoms with Crippen LogP contribution in [-0.4, -0.2) is 28.4 Å². The van der Waals surface area contributed by atoms with Gasteiger partial charge in [0.05, 0.1) is 28.4 Å². The number of carbonyl (C=O) groups is 2. The number of benzene rings is 3. The number of carbonyl (C=O) groups excluding carboxylic acids is 2. The van der Waals surface area contributed by atoms with Crippen LogP contribution in [0.1, 0.15) is 29.7 Å². The highest BCUT2D eigenvalue weighted by molar-refractivity contribution is 7.22. The van der Waals surface area contributed by atoms with Crippen molar-refractivity contribution in [1.29, 1.82) is 0 Å². The number of nitrogens with zero attached hydrogens (tertiary/aromatic N) is 2. The van der Waals surface area contributed by atoms with E-state index < -0.39 is 17.7 Å². The summed E-state index contributed by atoms with van der Waals surface area (Å²) in [7, 11) is 0. The molecular weight excluding hydrogens is 484 g/mol. The van der Waals surface area contributed by atoms with Crippen molar-refractivity contribution in [3.05, 3.63) is 94.0 Å². The zero-order valence-corrected chi connectivity index (χ0v) is 20.6. The number of aliphatic hydroxyl groups excluding tert-OH is 1. The first kappa shape index (κ1) is 23.1. The van der Waals surface area contributed by atoms with E-state index in [-0.39, 0.29) is 11.3 Å². The number of fused-ring (bicyclic) bond motifs is 1. The first-order valence-electron chi connectivity index (χ1n) is 11.0. The first-order chi connectivity index (χ1) is 16.9. The van der Waals surface area contributed by atoms with E-state index in [1.54, 1.807) is 48.5 Å². The number of aryl methyl sites for hydroxylation is 1. The summed E-state index contributed by atoms with van der Waals surface area (Å²) in [6, 6.07) is 18.6. The highest BCUT2D eigenvalue weighted by Gasteiger charge is 2.48. The lowest BCUT2D eigenvalue weighted by Gasteiger charge is -2.23. The largest absolute Gasteiger partial charge is 0.507 e. The smallest absolute Gasteiger partial charge is 0.301 e. The van der Waals surface area contributed by atoms with Gasteiger partial charge in [-0.3, -0.25) is 14.5 Å². The van der Waals surface area contributed by atoms with Gasteiger partial charge in [-0.2, -0.15) is 0 Å². The van der Waals surface area contributed by atoms with E-state index in [1.165, 1.54) is 16.2 Å². The van der Waals surface area contributed by atoms with Gasteiger partial charge in [0, 0.05) is 10.6 Å². The fourth-order valence-corrected chi connectivity index (χ4v) is 5.46. The molecule has 6 nitrogen and oxygen atoms in total. The minimum absolute atomic E-state index is 0.0168. The molecule has 176 valence electrons. The second kappa shape index (κ2) is 9.17. The second-order valence-electron chi connectivity index (χ2n) is 8.15. The van der Waals surface area contributed by atoms with Crippen molar-refractivity contribution in [1.82, 2.24) is 4.98 Å². The van der Waals surface area contributed by atoms with Crippen molar-refractivity contribution >= 4 is 55.7 Å². The van der Waals surface area contributed by atoms with E-state index in [2.05, 4.69) is 4.98 Å². The van der Waals surface area contributed by atoms with Gasteiger partial charge in [-0.1, -0.05) is 41.1 Å². The Kier molecular flexibility index (Phi) is 6.05. The van der Waals surface area contributed by atoms with Crippen molar-refractivity contribution < 1.29 is 19.4 Å². The molecule has 1 N–H and O–H groups in total. The number of halogens is 1. The van der Waals surface area contributed by atoms with Crippen LogP contribution < -0.4 is 9.64 Å². The first-order valence-corrected chi connectivity index (χ1v) is 12.2. The predicted molar refractivity (Wildman–Crippen MR) is 138 cm³/mol. The average Bonchev–Trinajstić information content (AvgIpc) is 3.37. The summed E-state index contributed by atoms with van der Waals surface area (Å²) in [5, 5.41) is 12.1. The fraction of sp³-hybridized carbons (Fsp3) is 0.148. The summed E-state index contributed by atoms with van der Waals surface area (Å²) in [4.78, 5) is 32.7. The number of rotatable bonds is 5. The molecule has 1 aromatic heterocycles. The van der Waals surface area contributed by atoms with Gasteiger partial charge in [0.25, 0.3) is 5.78 Å². The Hall–Kier alpha value is -3.68. The zero-order chi connectivity index (χ0) is 24.7. The van der Waals surface area contributed by atoms with Crippen molar-refractivity contribution in [3.8, 4) is 5.75 Å². The Morgan fingerprint density at radius 1 is 1.11 bits per heavy atom. The highest BCUT2D eigenvalue weighted by Crippen LogP contribution is 2.44. The van der Waals surface area contributed by atoms with Crippen molar-refractivity contribution in [2.75, 3.05) is 11.5 Å². The molecule has 0 spiro atoms. The van der Waals surface area contributed by atoms with Gasteiger partial charge >= 0.3 is 5.91 Å². The molecule has 0 saturated carbocycles. The maximum Gasteiger partial charge on any atom is 0.301 e. The number of hydrogen-bond acceptors (Lipinski definition) is 6. The average molecular weight is 505 g/mol. The number of Topliss-reactive ketones (excluding diaryl/α,β-unsaturated/α-hetero) is 1. The zero-order valence-electron chi connectivity index (χ0n) is 19.0. The molecular formula is C27H21ClN2O4S. The SMILES string of the molecule is CCOc1ccc(/C(O)=C2\C(=O)C(=O)N(c3nc4ccc(C)cc4s3)[C@H]2c2cccc(Cl)c2)cc1. The summed E-state index contributed by atoms with van der Waals surface area (Å²) in [6.07, 6.45) is 0. The van der Waals surface area contributed by atoms with E-state index in [4.69, 9.17) is 16.3 Å². The van der Waals surface area contributed by atoms with Crippen LogP contribution in [0.2, 0.25) is 5.02 Å². The third kappa shape index (κ3) is 4.17. The lowest BCUT2D eigenvalue weighted by Crippen LogP contribution is -2.29. The van der Waals surface area contributed by atoms with Crippen LogP contribution in [0.4, 0.5) is 5.13 Å². The summed E-state index contributed by atoms with van der Waals surface area (Å²) in [5.74, 6) is -1.16. The van der Waals surface area contributed by atoms with Crippen LogP contribution in [-0.2, 0) is 9.59 Å². The molecule has 1 amide bonds. The predicted octanol–water partition coefficient (Wildman–Crippen LogP) is 6.28. The molecule has 1 aliphatic heterocycles. The van der Waals surface area contributed by atoms with Gasteiger partial charge in [-0.05, 0) is 73.5 Å². The molecule has 0 radical (unpaired) electrons. The van der Waals surface area contributed by atoms with Gasteiger partial charge in [0.2, 0.25) is 0 Å². The van der Waals surface area contributed by atoms with Crippen LogP contribution in [0.5, 0.6) is 5.75 Å². The number of hydrogen-bond donors (Lipinski definition) is 1. The summed E-state index contributed by atoms with van der Waals surface area (Å²) in [6.45, 7) is 4.37. The molecule has 0 unspecified atom stereocenters. The molecule has 4 aromatic rings. The third-order valence-corrected chi connectivity index (χ3v) is 7.04. The quantitative estimate of drug-likeness (QED) is 0.196. The molecule has 2 heterocycles. The molecule has 1 aliphatic rings. The van der Waals surface area contributed by atoms with Crippen molar-refractivity contribution in [2.24, 2.45) is 0 Å². The number of aromatic nitrogens is 1. The monoisotopic (exact) mass is 504 g/mol. The van der Waals surface area contributed by atoms with Crippen LogP contribution in [0.15, 0.2) is 72.3 Å². The summed E-state index contributed by atoms with van der Waals surface area (Å²) >= 11 is 7.59. The summed E-state index contributed by atoms with van der Waals surface area (Å²) in [5.41, 5.74) is 2.78. The number of anilines is 1. The Balaban J connectivity index is 1.69. The van der Waals surface area contributed by atoms with Gasteiger partial charge < -0.3 is 9.84 Å². The molecule has 0 aliphatic carbocycles. The number of ether oxygens (including phenoxy) is 1. The number of amides is 1. The molecule has 1 fully saturated rings. The van der Waals surface area contributed by atoms with Crippen LogP contribution in [0.25, 0.3) is 16.0 Å². The van der Waals surface area contributed by atoms with Crippen molar-refractivity contribution in [3.63, 3.8) is 0 Å². The van der Waals surface area contributed by atoms with Crippen molar-refractivity contribution in [2.45, 2.75) is 19.9 Å². The lowest BCUT2D eigenvalue weighted by molar-refractivity contribution is -0.132.